The lowest BCUT2D eigenvalue weighted by Crippen LogP contribution is -2.61. The minimum atomic E-state index is -1.41. The molecule has 1 aromatic rings. The van der Waals surface area contributed by atoms with Crippen molar-refractivity contribution in [2.75, 3.05) is 11.4 Å². The minimum absolute atomic E-state index is 0.0101. The van der Waals surface area contributed by atoms with Crippen LogP contribution in [-0.4, -0.2) is 29.1 Å². The fourth-order valence-corrected chi connectivity index (χ4v) is 2.45. The van der Waals surface area contributed by atoms with E-state index in [2.05, 4.69) is 0 Å². The number of hydrogen-bond acceptors (Lipinski definition) is 3. The van der Waals surface area contributed by atoms with Gasteiger partial charge in [-0.15, -0.1) is 0 Å². The Bertz CT molecular complexity index is 541. The van der Waals surface area contributed by atoms with Gasteiger partial charge in [0.2, 0.25) is 5.91 Å². The Hall–Kier alpha value is -1.88. The Labute approximate surface area is 112 Å². The van der Waals surface area contributed by atoms with Crippen molar-refractivity contribution in [3.8, 4) is 0 Å². The van der Waals surface area contributed by atoms with Gasteiger partial charge in [-0.2, -0.15) is 0 Å². The Kier molecular flexibility index (Phi) is 3.32. The van der Waals surface area contributed by atoms with E-state index in [-0.39, 0.29) is 18.9 Å². The molecule has 102 valence electrons. The molecule has 0 spiro atoms. The van der Waals surface area contributed by atoms with Crippen molar-refractivity contribution in [1.29, 1.82) is 0 Å². The van der Waals surface area contributed by atoms with E-state index in [1.165, 1.54) is 11.8 Å². The van der Waals surface area contributed by atoms with Crippen LogP contribution in [0.4, 0.5) is 5.69 Å². The molecule has 5 heteroatoms. The molecule has 0 bridgehead atoms. The van der Waals surface area contributed by atoms with E-state index in [0.717, 1.165) is 23.2 Å². The molecular formula is C14H18N2O3. The molecule has 1 aliphatic heterocycles. The zero-order valence-corrected chi connectivity index (χ0v) is 11.1. The lowest BCUT2D eigenvalue weighted by molar-refractivity contribution is -0.143. The van der Waals surface area contributed by atoms with Gasteiger partial charge in [0.25, 0.3) is 0 Å². The van der Waals surface area contributed by atoms with E-state index >= 15 is 0 Å². The quantitative estimate of drug-likeness (QED) is 0.830. The fourth-order valence-electron chi connectivity index (χ4n) is 2.45. The highest BCUT2D eigenvalue weighted by atomic mass is 16.4. The molecule has 0 fully saturated rings. The third-order valence-corrected chi connectivity index (χ3v) is 3.60. The average molecular weight is 262 g/mol. The van der Waals surface area contributed by atoms with Crippen molar-refractivity contribution in [1.82, 2.24) is 0 Å². The van der Waals surface area contributed by atoms with E-state index in [0.29, 0.717) is 0 Å². The number of carbonyl (C=O) groups is 2. The van der Waals surface area contributed by atoms with Gasteiger partial charge in [0.05, 0.1) is 6.54 Å². The maximum absolute atomic E-state index is 11.7. The molecule has 1 aliphatic rings. The normalized spacial score (nSPS) is 21.9. The van der Waals surface area contributed by atoms with Crippen LogP contribution in [0.1, 0.15) is 25.0 Å². The summed E-state index contributed by atoms with van der Waals surface area (Å²) in [7, 11) is 0. The molecule has 0 aliphatic carbocycles. The number of nitrogens with two attached hydrogens (primary N) is 1. The minimum Gasteiger partial charge on any atom is -0.480 e. The number of aryl methyl sites for hydroxylation is 1. The van der Waals surface area contributed by atoms with Gasteiger partial charge in [-0.25, -0.2) is 0 Å². The molecule has 1 heterocycles. The number of fused-ring (bicyclic) bond motifs is 1. The third kappa shape index (κ3) is 2.33. The number of aliphatic carboxylic acids is 1. The topological polar surface area (TPSA) is 83.6 Å². The van der Waals surface area contributed by atoms with Crippen LogP contribution in [0.3, 0.4) is 0 Å². The predicted molar refractivity (Wildman–Crippen MR) is 72.1 cm³/mol. The number of hydrogen-bond donors (Lipinski definition) is 2. The highest BCUT2D eigenvalue weighted by Gasteiger charge is 2.42. The lowest BCUT2D eigenvalue weighted by atomic mass is 9.85. The van der Waals surface area contributed by atoms with E-state index in [1.807, 2.05) is 25.1 Å². The summed E-state index contributed by atoms with van der Waals surface area (Å²) in [6.07, 6.45) is 1.10. The van der Waals surface area contributed by atoms with Crippen LogP contribution in [0.25, 0.3) is 0 Å². The van der Waals surface area contributed by atoms with Crippen LogP contribution in [0, 0.1) is 0 Å². The average Bonchev–Trinajstić information content (AvgIpc) is 2.36. The first-order valence-electron chi connectivity index (χ1n) is 6.29. The molecule has 1 amide bonds. The van der Waals surface area contributed by atoms with Gasteiger partial charge < -0.3 is 15.7 Å². The molecule has 3 N–H and O–H groups in total. The number of anilines is 1. The van der Waals surface area contributed by atoms with Gasteiger partial charge in [-0.3, -0.25) is 9.59 Å². The highest BCUT2D eigenvalue weighted by Crippen LogP contribution is 2.32. The first-order chi connectivity index (χ1) is 8.87. The van der Waals surface area contributed by atoms with Crippen LogP contribution in [0.5, 0.6) is 0 Å². The zero-order chi connectivity index (χ0) is 14.2. The van der Waals surface area contributed by atoms with Crippen LogP contribution in [0.15, 0.2) is 18.2 Å². The summed E-state index contributed by atoms with van der Waals surface area (Å²) < 4.78 is 0. The molecule has 0 radical (unpaired) electrons. The second-order valence-corrected chi connectivity index (χ2v) is 5.06. The first kappa shape index (κ1) is 13.5. The fraction of sp³-hybridized carbons (Fsp3) is 0.429. The van der Waals surface area contributed by atoms with Crippen LogP contribution < -0.4 is 10.6 Å². The maximum atomic E-state index is 11.7. The summed E-state index contributed by atoms with van der Waals surface area (Å²) in [5, 5.41) is 9.29. The number of rotatable bonds is 2. The van der Waals surface area contributed by atoms with Gasteiger partial charge in [-0.1, -0.05) is 19.1 Å². The van der Waals surface area contributed by atoms with Gasteiger partial charge in [-0.05, 0) is 23.6 Å². The van der Waals surface area contributed by atoms with Gasteiger partial charge >= 0.3 is 5.97 Å². The molecule has 1 unspecified atom stereocenters. The molecule has 19 heavy (non-hydrogen) atoms. The van der Waals surface area contributed by atoms with Gasteiger partial charge in [0.15, 0.2) is 0 Å². The Morgan fingerprint density at radius 1 is 1.47 bits per heavy atom. The predicted octanol–water partition coefficient (Wildman–Crippen LogP) is 0.940. The Morgan fingerprint density at radius 3 is 2.68 bits per heavy atom. The summed E-state index contributed by atoms with van der Waals surface area (Å²) in [5.74, 6) is -1.27. The second kappa shape index (κ2) is 4.66. The molecule has 5 nitrogen and oxygen atoms in total. The molecule has 1 aromatic carbocycles. The number of carboxylic acid groups (broad SMARTS) is 1. The van der Waals surface area contributed by atoms with Gasteiger partial charge in [0, 0.05) is 19.0 Å². The summed E-state index contributed by atoms with van der Waals surface area (Å²) in [6.45, 7) is 3.46. The summed E-state index contributed by atoms with van der Waals surface area (Å²) in [4.78, 5) is 24.5. The van der Waals surface area contributed by atoms with E-state index in [1.54, 1.807) is 0 Å². The smallest absolute Gasteiger partial charge is 0.325 e. The van der Waals surface area contributed by atoms with Crippen LogP contribution in [0.2, 0.25) is 0 Å². The molecule has 2 rings (SSSR count). The van der Waals surface area contributed by atoms with Crippen molar-refractivity contribution in [2.45, 2.75) is 32.2 Å². The van der Waals surface area contributed by atoms with Gasteiger partial charge in [0.1, 0.15) is 5.54 Å². The number of amides is 1. The third-order valence-electron chi connectivity index (χ3n) is 3.60. The number of benzene rings is 1. The zero-order valence-electron chi connectivity index (χ0n) is 11.1. The monoisotopic (exact) mass is 262 g/mol. The van der Waals surface area contributed by atoms with Crippen molar-refractivity contribution < 1.29 is 14.7 Å². The summed E-state index contributed by atoms with van der Waals surface area (Å²) in [5.41, 5.74) is 7.23. The summed E-state index contributed by atoms with van der Waals surface area (Å²) in [6, 6.07) is 5.77. The Morgan fingerprint density at radius 2 is 2.16 bits per heavy atom. The highest BCUT2D eigenvalue weighted by molar-refractivity contribution is 5.95. The maximum Gasteiger partial charge on any atom is 0.325 e. The number of carbonyl (C=O) groups excluding carboxylic acids is 1. The standard InChI is InChI=1S/C14H18N2O3/c1-3-10-4-5-12-11(6-10)7-14(15,13(18)19)8-16(12)9(2)17/h4-6H,3,7-8,15H2,1-2H3,(H,18,19). The summed E-state index contributed by atoms with van der Waals surface area (Å²) >= 11 is 0. The van der Waals surface area contributed by atoms with Crippen molar-refractivity contribution in [2.24, 2.45) is 5.73 Å². The van der Waals surface area contributed by atoms with Crippen molar-refractivity contribution in [3.05, 3.63) is 29.3 Å². The SMILES string of the molecule is CCc1ccc2c(c1)CC(N)(C(=O)O)CN2C(C)=O. The largest absolute Gasteiger partial charge is 0.480 e. The van der Waals surface area contributed by atoms with Crippen molar-refractivity contribution >= 4 is 17.6 Å². The van der Waals surface area contributed by atoms with Crippen molar-refractivity contribution in [3.63, 3.8) is 0 Å². The molecule has 0 aromatic heterocycles. The second-order valence-electron chi connectivity index (χ2n) is 5.06. The number of nitrogens with zero attached hydrogens (tertiary/aromatic N) is 1. The van der Waals surface area contributed by atoms with E-state index in [9.17, 15) is 14.7 Å². The van der Waals surface area contributed by atoms with Crippen LogP contribution in [-0.2, 0) is 22.4 Å². The van der Waals surface area contributed by atoms with E-state index < -0.39 is 11.5 Å². The van der Waals surface area contributed by atoms with E-state index in [4.69, 9.17) is 5.73 Å². The Balaban J connectivity index is 2.52. The first-order valence-corrected chi connectivity index (χ1v) is 6.29. The molecule has 1 atom stereocenters. The van der Waals surface area contributed by atoms with Crippen LogP contribution >= 0.6 is 0 Å². The molecular weight excluding hydrogens is 244 g/mol. The number of carboxylic acids is 1. The molecule has 0 saturated carbocycles. The molecule has 0 saturated heterocycles. The lowest BCUT2D eigenvalue weighted by Gasteiger charge is -2.38.